The van der Waals surface area contributed by atoms with Crippen LogP contribution in [-0.4, -0.2) is 23.0 Å². The molecular weight excluding hydrogens is 241 g/mol. The summed E-state index contributed by atoms with van der Waals surface area (Å²) in [5, 5.41) is 8.09. The Morgan fingerprint density at radius 3 is 2.35 bits per heavy atom. The first-order valence-corrected chi connectivity index (χ1v) is 4.35. The minimum Gasteiger partial charge on any atom is -0.474 e. The van der Waals surface area contributed by atoms with Crippen molar-refractivity contribution in [3.05, 3.63) is 29.6 Å². The Hall–Kier alpha value is -2.05. The summed E-state index contributed by atoms with van der Waals surface area (Å²) in [5.41, 5.74) is -0.295. The summed E-state index contributed by atoms with van der Waals surface area (Å²) in [6, 6.07) is 2.34. The Bertz CT molecular complexity index is 471. The van der Waals surface area contributed by atoms with Crippen LogP contribution in [-0.2, 0) is 4.79 Å². The van der Waals surface area contributed by atoms with Gasteiger partial charge in [-0.1, -0.05) is 0 Å². The van der Waals surface area contributed by atoms with Crippen LogP contribution in [0, 0.1) is 5.82 Å². The molecule has 0 bridgehead atoms. The van der Waals surface area contributed by atoms with Crippen LogP contribution < -0.4 is 4.74 Å². The number of hydrogen-bond donors (Lipinski definition) is 1. The number of halogens is 3. The molecule has 0 aliphatic heterocycles. The first-order valence-electron chi connectivity index (χ1n) is 4.35. The third-order valence-electron chi connectivity index (χ3n) is 1.81. The maximum absolute atomic E-state index is 13.2. The Kier molecular flexibility index (Phi) is 3.40. The van der Waals surface area contributed by atoms with E-state index in [2.05, 4.69) is 4.74 Å². The average Bonchev–Trinajstić information content (AvgIpc) is 2.15. The van der Waals surface area contributed by atoms with Crippen molar-refractivity contribution >= 4 is 11.8 Å². The minimum atomic E-state index is -4.45. The van der Waals surface area contributed by atoms with Crippen LogP contribution in [0.2, 0.25) is 0 Å². The molecule has 0 heterocycles. The van der Waals surface area contributed by atoms with E-state index in [0.29, 0.717) is 6.07 Å². The SMILES string of the molecule is CC(=O)c1ccc(OC(F)(F)C(=O)O)cc1F. The number of alkyl halides is 2. The quantitative estimate of drug-likeness (QED) is 0.828. The van der Waals surface area contributed by atoms with Gasteiger partial charge in [-0.25, -0.2) is 9.18 Å². The second kappa shape index (κ2) is 4.44. The third kappa shape index (κ3) is 2.96. The van der Waals surface area contributed by atoms with Crippen molar-refractivity contribution in [2.75, 3.05) is 0 Å². The number of ether oxygens (including phenoxy) is 1. The second-order valence-electron chi connectivity index (χ2n) is 3.12. The summed E-state index contributed by atoms with van der Waals surface area (Å²) >= 11 is 0. The zero-order valence-corrected chi connectivity index (χ0v) is 8.54. The van der Waals surface area contributed by atoms with Gasteiger partial charge >= 0.3 is 12.1 Å². The van der Waals surface area contributed by atoms with Crippen LogP contribution in [0.4, 0.5) is 13.2 Å². The number of Topliss-reactive ketones (excluding diaryl/α,β-unsaturated/α-hetero) is 1. The van der Waals surface area contributed by atoms with Crippen molar-refractivity contribution < 1.29 is 32.6 Å². The van der Waals surface area contributed by atoms with Crippen molar-refractivity contribution in [3.8, 4) is 5.75 Å². The predicted octanol–water partition coefficient (Wildman–Crippen LogP) is 2.08. The van der Waals surface area contributed by atoms with E-state index in [1.165, 1.54) is 0 Å². The van der Waals surface area contributed by atoms with E-state index in [4.69, 9.17) is 5.11 Å². The van der Waals surface area contributed by atoms with Crippen molar-refractivity contribution in [3.63, 3.8) is 0 Å². The predicted molar refractivity (Wildman–Crippen MR) is 49.6 cm³/mol. The number of carboxylic acids is 1. The van der Waals surface area contributed by atoms with Gasteiger partial charge in [-0.05, 0) is 19.1 Å². The van der Waals surface area contributed by atoms with Crippen LogP contribution in [0.25, 0.3) is 0 Å². The molecule has 7 heteroatoms. The molecule has 0 aliphatic carbocycles. The van der Waals surface area contributed by atoms with Crippen LogP contribution in [0.1, 0.15) is 17.3 Å². The van der Waals surface area contributed by atoms with E-state index >= 15 is 0 Å². The number of ketones is 1. The molecular formula is C10H7F3O4. The van der Waals surface area contributed by atoms with Crippen molar-refractivity contribution in [2.24, 2.45) is 0 Å². The molecule has 92 valence electrons. The summed E-state index contributed by atoms with van der Waals surface area (Å²) in [4.78, 5) is 20.9. The second-order valence-corrected chi connectivity index (χ2v) is 3.12. The molecule has 0 amide bonds. The summed E-state index contributed by atoms with van der Waals surface area (Å²) in [6.45, 7) is 1.10. The van der Waals surface area contributed by atoms with E-state index < -0.39 is 29.4 Å². The zero-order valence-electron chi connectivity index (χ0n) is 8.54. The van der Waals surface area contributed by atoms with Gasteiger partial charge in [-0.3, -0.25) is 4.79 Å². The summed E-state index contributed by atoms with van der Waals surface area (Å²) in [7, 11) is 0. The molecule has 0 saturated heterocycles. The molecule has 0 saturated carbocycles. The largest absolute Gasteiger partial charge is 0.501 e. The number of hydrogen-bond acceptors (Lipinski definition) is 3. The normalized spacial score (nSPS) is 11.1. The number of carbonyl (C=O) groups is 2. The molecule has 1 aromatic rings. The number of rotatable bonds is 4. The van der Waals surface area contributed by atoms with Gasteiger partial charge in [0.05, 0.1) is 5.56 Å². The fraction of sp³-hybridized carbons (Fsp3) is 0.200. The molecule has 0 radical (unpaired) electrons. The molecule has 0 fully saturated rings. The molecule has 17 heavy (non-hydrogen) atoms. The Morgan fingerprint density at radius 2 is 1.94 bits per heavy atom. The highest BCUT2D eigenvalue weighted by molar-refractivity contribution is 5.94. The lowest BCUT2D eigenvalue weighted by molar-refractivity contribution is -0.210. The minimum absolute atomic E-state index is 0.295. The highest BCUT2D eigenvalue weighted by atomic mass is 19.3. The Morgan fingerprint density at radius 1 is 1.35 bits per heavy atom. The molecule has 4 nitrogen and oxygen atoms in total. The van der Waals surface area contributed by atoms with Crippen molar-refractivity contribution in [1.82, 2.24) is 0 Å². The number of aliphatic carboxylic acids is 1. The van der Waals surface area contributed by atoms with Gasteiger partial charge in [0.15, 0.2) is 5.78 Å². The first-order chi connectivity index (χ1) is 7.74. The number of benzene rings is 1. The summed E-state index contributed by atoms with van der Waals surface area (Å²) < 4.78 is 42.2. The van der Waals surface area contributed by atoms with Crippen LogP contribution in [0.3, 0.4) is 0 Å². The summed E-state index contributed by atoms with van der Waals surface area (Å²) in [5.74, 6) is -4.82. The first kappa shape index (κ1) is 13.0. The average molecular weight is 248 g/mol. The molecule has 1 rings (SSSR count). The lowest BCUT2D eigenvalue weighted by Crippen LogP contribution is -2.34. The van der Waals surface area contributed by atoms with Gasteiger partial charge in [0, 0.05) is 6.07 Å². The molecule has 0 unspecified atom stereocenters. The van der Waals surface area contributed by atoms with Gasteiger partial charge in [-0.15, -0.1) is 0 Å². The van der Waals surface area contributed by atoms with Crippen molar-refractivity contribution in [2.45, 2.75) is 13.0 Å². The molecule has 0 spiro atoms. The maximum Gasteiger partial charge on any atom is 0.501 e. The lowest BCUT2D eigenvalue weighted by atomic mass is 10.1. The monoisotopic (exact) mass is 248 g/mol. The van der Waals surface area contributed by atoms with E-state index in [-0.39, 0.29) is 5.56 Å². The number of carbonyl (C=O) groups excluding carboxylic acids is 1. The van der Waals surface area contributed by atoms with Crippen LogP contribution >= 0.6 is 0 Å². The number of carboxylic acid groups (broad SMARTS) is 1. The van der Waals surface area contributed by atoms with Gasteiger partial charge in [0.2, 0.25) is 0 Å². The van der Waals surface area contributed by atoms with Gasteiger partial charge in [-0.2, -0.15) is 8.78 Å². The topological polar surface area (TPSA) is 63.6 Å². The van der Waals surface area contributed by atoms with Crippen molar-refractivity contribution in [1.29, 1.82) is 0 Å². The van der Waals surface area contributed by atoms with E-state index in [1.54, 1.807) is 0 Å². The van der Waals surface area contributed by atoms with E-state index in [0.717, 1.165) is 19.1 Å². The molecule has 0 aliphatic rings. The fourth-order valence-corrected chi connectivity index (χ4v) is 1.04. The van der Waals surface area contributed by atoms with Gasteiger partial charge < -0.3 is 9.84 Å². The van der Waals surface area contributed by atoms with E-state index in [1.807, 2.05) is 0 Å². The zero-order chi connectivity index (χ0) is 13.2. The Labute approximate surface area is 93.6 Å². The van der Waals surface area contributed by atoms with Gasteiger partial charge in [0.25, 0.3) is 0 Å². The highest BCUT2D eigenvalue weighted by Crippen LogP contribution is 2.24. The molecule has 1 aromatic carbocycles. The fourth-order valence-electron chi connectivity index (χ4n) is 1.04. The van der Waals surface area contributed by atoms with E-state index in [9.17, 15) is 22.8 Å². The summed E-state index contributed by atoms with van der Waals surface area (Å²) in [6.07, 6.45) is -4.45. The highest BCUT2D eigenvalue weighted by Gasteiger charge is 2.42. The third-order valence-corrected chi connectivity index (χ3v) is 1.81. The van der Waals surface area contributed by atoms with Crippen LogP contribution in [0.5, 0.6) is 5.75 Å². The molecule has 1 N–H and O–H groups in total. The van der Waals surface area contributed by atoms with Gasteiger partial charge in [0.1, 0.15) is 11.6 Å². The maximum atomic E-state index is 13.2. The van der Waals surface area contributed by atoms with Crippen LogP contribution in [0.15, 0.2) is 18.2 Å². The Balaban J connectivity index is 2.99. The smallest absolute Gasteiger partial charge is 0.474 e. The molecule has 0 aromatic heterocycles. The lowest BCUT2D eigenvalue weighted by Gasteiger charge is -2.13. The standard InChI is InChI=1S/C10H7F3O4/c1-5(14)7-3-2-6(4-8(7)11)17-10(12,13)9(15)16/h2-4H,1H3,(H,15,16). The molecule has 0 atom stereocenters.